The molecule has 1 aromatic heterocycles. The lowest BCUT2D eigenvalue weighted by atomic mass is 10.1. The number of carbonyl (C=O) groups is 1. The zero-order valence-electron chi connectivity index (χ0n) is 10.8. The first-order valence-electron chi connectivity index (χ1n) is 5.73. The first-order chi connectivity index (χ1) is 8.06. The number of nitrogens with zero attached hydrogens (tertiary/aromatic N) is 2. The van der Waals surface area contributed by atoms with Gasteiger partial charge >= 0.3 is 0 Å². The molecule has 2 heterocycles. The van der Waals surface area contributed by atoms with E-state index in [1.807, 2.05) is 4.90 Å². The van der Waals surface area contributed by atoms with Crippen LogP contribution in [0.5, 0.6) is 0 Å². The molecule has 1 aliphatic rings. The first-order valence-corrected chi connectivity index (χ1v) is 6.11. The van der Waals surface area contributed by atoms with Crippen molar-refractivity contribution < 1.29 is 4.79 Å². The van der Waals surface area contributed by atoms with Gasteiger partial charge < -0.3 is 10.2 Å². The minimum atomic E-state index is -0.0260. The summed E-state index contributed by atoms with van der Waals surface area (Å²) < 4.78 is 0. The fraction of sp³-hybridized carbons (Fsp3) is 0.500. The van der Waals surface area contributed by atoms with E-state index in [-0.39, 0.29) is 30.7 Å². The molecule has 1 saturated heterocycles. The molecule has 1 aromatic rings. The third kappa shape index (κ3) is 4.80. The van der Waals surface area contributed by atoms with Crippen LogP contribution in [0, 0.1) is 0 Å². The standard InChI is InChI=1S/C12H16ClN3O.2ClH/c1-8-6-16(7-9(2)15-8)12(17)11-4-3-10(13)5-14-11;;/h3-5,8-9,15H,6-7H2,1-2H3;2*1H. The van der Waals surface area contributed by atoms with Crippen LogP contribution in [0.25, 0.3) is 0 Å². The zero-order chi connectivity index (χ0) is 12.4. The fourth-order valence-electron chi connectivity index (χ4n) is 2.16. The molecular formula is C12H18Cl3N3O. The smallest absolute Gasteiger partial charge is 0.272 e. The Morgan fingerprint density at radius 2 is 1.89 bits per heavy atom. The number of rotatable bonds is 1. The van der Waals surface area contributed by atoms with Gasteiger partial charge in [0.05, 0.1) is 5.02 Å². The summed E-state index contributed by atoms with van der Waals surface area (Å²) in [5.74, 6) is -0.0260. The SMILES string of the molecule is CC1CN(C(=O)c2ccc(Cl)cn2)CC(C)N1.Cl.Cl. The second kappa shape index (κ2) is 7.90. The third-order valence-electron chi connectivity index (χ3n) is 2.79. The Balaban J connectivity index is 0.00000162. The van der Waals surface area contributed by atoms with Crippen molar-refractivity contribution in [2.45, 2.75) is 25.9 Å². The largest absolute Gasteiger partial charge is 0.334 e. The van der Waals surface area contributed by atoms with Gasteiger partial charge in [-0.2, -0.15) is 0 Å². The van der Waals surface area contributed by atoms with Crippen LogP contribution in [-0.2, 0) is 0 Å². The van der Waals surface area contributed by atoms with Crippen molar-refractivity contribution >= 4 is 42.3 Å². The molecule has 108 valence electrons. The van der Waals surface area contributed by atoms with Crippen LogP contribution < -0.4 is 5.32 Å². The third-order valence-corrected chi connectivity index (χ3v) is 3.01. The number of carbonyl (C=O) groups excluding carboxylic acids is 1. The molecule has 2 atom stereocenters. The van der Waals surface area contributed by atoms with Crippen molar-refractivity contribution in [2.75, 3.05) is 13.1 Å². The predicted molar refractivity (Wildman–Crippen MR) is 81.7 cm³/mol. The number of pyridine rings is 1. The van der Waals surface area contributed by atoms with Gasteiger partial charge in [0.15, 0.2) is 0 Å². The monoisotopic (exact) mass is 325 g/mol. The maximum absolute atomic E-state index is 12.2. The van der Waals surface area contributed by atoms with Gasteiger partial charge in [-0.1, -0.05) is 11.6 Å². The molecule has 0 aliphatic carbocycles. The predicted octanol–water partition coefficient (Wildman–Crippen LogP) is 2.40. The minimum absolute atomic E-state index is 0. The van der Waals surface area contributed by atoms with Crippen molar-refractivity contribution in [1.82, 2.24) is 15.2 Å². The lowest BCUT2D eigenvalue weighted by Gasteiger charge is -2.35. The van der Waals surface area contributed by atoms with Crippen LogP contribution in [0.3, 0.4) is 0 Å². The topological polar surface area (TPSA) is 45.2 Å². The molecule has 0 spiro atoms. The van der Waals surface area contributed by atoms with Gasteiger partial charge in [0.2, 0.25) is 0 Å². The molecule has 1 fully saturated rings. The number of aromatic nitrogens is 1. The Kier molecular flexibility index (Phi) is 7.67. The van der Waals surface area contributed by atoms with Crippen molar-refractivity contribution in [3.05, 3.63) is 29.0 Å². The number of piperazine rings is 1. The van der Waals surface area contributed by atoms with Crippen LogP contribution in [0.2, 0.25) is 5.02 Å². The van der Waals surface area contributed by atoms with Crippen LogP contribution in [0.1, 0.15) is 24.3 Å². The number of hydrogen-bond acceptors (Lipinski definition) is 3. The number of amides is 1. The van der Waals surface area contributed by atoms with Gasteiger partial charge in [0.1, 0.15) is 5.69 Å². The van der Waals surface area contributed by atoms with Gasteiger partial charge in [-0.05, 0) is 26.0 Å². The summed E-state index contributed by atoms with van der Waals surface area (Å²) in [6.45, 7) is 5.58. The fourth-order valence-corrected chi connectivity index (χ4v) is 2.27. The first kappa shape index (κ1) is 18.4. The molecule has 0 bridgehead atoms. The summed E-state index contributed by atoms with van der Waals surface area (Å²) in [5, 5.41) is 3.93. The summed E-state index contributed by atoms with van der Waals surface area (Å²) >= 11 is 5.75. The van der Waals surface area contributed by atoms with Crippen LogP contribution in [0.15, 0.2) is 18.3 Å². The molecule has 19 heavy (non-hydrogen) atoms. The average molecular weight is 327 g/mol. The average Bonchev–Trinajstić information content (AvgIpc) is 2.28. The molecular weight excluding hydrogens is 309 g/mol. The maximum atomic E-state index is 12.2. The highest BCUT2D eigenvalue weighted by Gasteiger charge is 2.25. The summed E-state index contributed by atoms with van der Waals surface area (Å²) in [5.41, 5.74) is 0.454. The Bertz CT molecular complexity index is 403. The molecule has 0 saturated carbocycles. The van der Waals surface area contributed by atoms with E-state index in [1.165, 1.54) is 6.20 Å². The second-order valence-electron chi connectivity index (χ2n) is 4.54. The molecule has 2 rings (SSSR count). The van der Waals surface area contributed by atoms with Gasteiger partial charge in [-0.3, -0.25) is 4.79 Å². The van der Waals surface area contributed by atoms with Crippen molar-refractivity contribution in [1.29, 1.82) is 0 Å². The Hall–Kier alpha value is -0.550. The highest BCUT2D eigenvalue weighted by molar-refractivity contribution is 6.30. The molecule has 1 aliphatic heterocycles. The van der Waals surface area contributed by atoms with Crippen molar-refractivity contribution in [3.63, 3.8) is 0 Å². The summed E-state index contributed by atoms with van der Waals surface area (Å²) in [6, 6.07) is 3.99. The van der Waals surface area contributed by atoms with E-state index in [9.17, 15) is 4.79 Å². The van der Waals surface area contributed by atoms with Crippen LogP contribution in [-0.4, -0.2) is 41.0 Å². The molecule has 4 nitrogen and oxygen atoms in total. The highest BCUT2D eigenvalue weighted by atomic mass is 35.5. The normalized spacial score (nSPS) is 22.2. The van der Waals surface area contributed by atoms with Crippen molar-refractivity contribution in [2.24, 2.45) is 0 Å². The summed E-state index contributed by atoms with van der Waals surface area (Å²) in [6.07, 6.45) is 1.50. The molecule has 0 radical (unpaired) electrons. The van der Waals surface area contributed by atoms with E-state index in [0.717, 1.165) is 0 Å². The highest BCUT2D eigenvalue weighted by Crippen LogP contribution is 2.11. The lowest BCUT2D eigenvalue weighted by molar-refractivity contribution is 0.0668. The Labute approximate surface area is 130 Å². The van der Waals surface area contributed by atoms with Crippen LogP contribution >= 0.6 is 36.4 Å². The summed E-state index contributed by atoms with van der Waals surface area (Å²) in [7, 11) is 0. The van der Waals surface area contributed by atoms with E-state index in [2.05, 4.69) is 24.1 Å². The lowest BCUT2D eigenvalue weighted by Crippen LogP contribution is -2.55. The molecule has 1 amide bonds. The minimum Gasteiger partial charge on any atom is -0.334 e. The second-order valence-corrected chi connectivity index (χ2v) is 4.98. The molecule has 7 heteroatoms. The van der Waals surface area contributed by atoms with Crippen LogP contribution in [0.4, 0.5) is 0 Å². The van der Waals surface area contributed by atoms with Gasteiger partial charge in [0, 0.05) is 31.4 Å². The quantitative estimate of drug-likeness (QED) is 0.862. The van der Waals surface area contributed by atoms with Crippen molar-refractivity contribution in [3.8, 4) is 0 Å². The van der Waals surface area contributed by atoms with E-state index in [4.69, 9.17) is 11.6 Å². The van der Waals surface area contributed by atoms with E-state index in [0.29, 0.717) is 35.9 Å². The van der Waals surface area contributed by atoms with E-state index in [1.54, 1.807) is 12.1 Å². The van der Waals surface area contributed by atoms with E-state index < -0.39 is 0 Å². The van der Waals surface area contributed by atoms with Gasteiger partial charge in [-0.15, -0.1) is 24.8 Å². The Morgan fingerprint density at radius 3 is 2.37 bits per heavy atom. The maximum Gasteiger partial charge on any atom is 0.272 e. The molecule has 2 unspecified atom stereocenters. The number of halogens is 3. The number of nitrogens with one attached hydrogen (secondary N) is 1. The van der Waals surface area contributed by atoms with Gasteiger partial charge in [0.25, 0.3) is 5.91 Å². The molecule has 0 aromatic carbocycles. The number of hydrogen-bond donors (Lipinski definition) is 1. The molecule has 1 N–H and O–H groups in total. The Morgan fingerprint density at radius 1 is 1.32 bits per heavy atom. The zero-order valence-corrected chi connectivity index (χ0v) is 13.2. The summed E-state index contributed by atoms with van der Waals surface area (Å²) in [4.78, 5) is 18.1. The van der Waals surface area contributed by atoms with Gasteiger partial charge in [-0.25, -0.2) is 4.98 Å². The van der Waals surface area contributed by atoms with E-state index >= 15 is 0 Å².